The fraction of sp³-hybridized carbons (Fsp3) is 1.00. The smallest absolute Gasteiger partial charge is 0.248 e. The van der Waals surface area contributed by atoms with Gasteiger partial charge in [0, 0.05) is 5.25 Å². The van der Waals surface area contributed by atoms with E-state index in [0.717, 1.165) is 0 Å². The molecule has 0 aliphatic carbocycles. The summed E-state index contributed by atoms with van der Waals surface area (Å²) in [6, 6.07) is 0. The Balaban J connectivity index is 4.41. The second-order valence-corrected chi connectivity index (χ2v) is 10.6. The van der Waals surface area contributed by atoms with Crippen molar-refractivity contribution in [1.29, 1.82) is 0 Å². The fourth-order valence-electron chi connectivity index (χ4n) is 0.849. The Morgan fingerprint density at radius 2 is 1.29 bits per heavy atom. The van der Waals surface area contributed by atoms with Crippen LogP contribution >= 0.6 is 17.1 Å². The molecule has 0 fully saturated rings. The predicted octanol–water partition coefficient (Wildman–Crippen LogP) is 4.20. The van der Waals surface area contributed by atoms with Crippen LogP contribution in [0.2, 0.25) is 0 Å². The minimum absolute atomic E-state index is 0.130. The first-order valence-electron chi connectivity index (χ1n) is 4.90. The van der Waals surface area contributed by atoms with Crippen LogP contribution < -0.4 is 0 Å². The van der Waals surface area contributed by atoms with Gasteiger partial charge in [0.2, 0.25) is 5.69 Å². The van der Waals surface area contributed by atoms with Crippen molar-refractivity contribution in [2.75, 3.05) is 0 Å². The highest BCUT2D eigenvalue weighted by molar-refractivity contribution is 8.68. The molecule has 0 aromatic heterocycles. The van der Waals surface area contributed by atoms with Crippen LogP contribution in [-0.2, 0) is 20.9 Å². The van der Waals surface area contributed by atoms with Gasteiger partial charge in [0.15, 0.2) is 0 Å². The van der Waals surface area contributed by atoms with Gasteiger partial charge in [-0.1, -0.05) is 25.2 Å². The molecule has 0 rings (SSSR count). The average Bonchev–Trinajstić information content (AvgIpc) is 1.76. The Kier molecular flexibility index (Phi) is 6.92. The highest BCUT2D eigenvalue weighted by atomic mass is 32.9. The van der Waals surface area contributed by atoms with Gasteiger partial charge in [-0.2, -0.15) is 0 Å². The van der Waals surface area contributed by atoms with E-state index >= 15 is 0 Å². The van der Waals surface area contributed by atoms with Crippen molar-refractivity contribution in [2.24, 2.45) is 0 Å². The first kappa shape index (κ1) is 14.9. The lowest BCUT2D eigenvalue weighted by Gasteiger charge is -2.26. The summed E-state index contributed by atoms with van der Waals surface area (Å²) in [5.74, 6) is 0. The van der Waals surface area contributed by atoms with Crippen LogP contribution in [0.4, 0.5) is 0 Å². The molecule has 2 nitrogen and oxygen atoms in total. The minimum atomic E-state index is -2.14. The van der Waals surface area contributed by atoms with Gasteiger partial charge in [0.05, 0.1) is 12.2 Å². The maximum Gasteiger partial charge on any atom is 0.248 e. The zero-order valence-corrected chi connectivity index (χ0v) is 12.3. The van der Waals surface area contributed by atoms with Crippen LogP contribution in [0, 0.1) is 0 Å². The van der Waals surface area contributed by atoms with Crippen LogP contribution in [0.1, 0.15) is 41.5 Å². The lowest BCUT2D eigenvalue weighted by molar-refractivity contribution is 0.186. The Morgan fingerprint density at radius 3 is 1.50 bits per heavy atom. The van der Waals surface area contributed by atoms with Gasteiger partial charge in [-0.25, -0.2) is 0 Å². The molecule has 86 valence electrons. The van der Waals surface area contributed by atoms with E-state index in [1.165, 1.54) is 0 Å². The van der Waals surface area contributed by atoms with Crippen molar-refractivity contribution in [2.45, 2.75) is 59.0 Å². The summed E-state index contributed by atoms with van der Waals surface area (Å²) in [7, 11) is 0. The molecule has 0 aromatic carbocycles. The minimum Gasteiger partial charge on any atom is -0.319 e. The molecule has 0 aliphatic heterocycles. The van der Waals surface area contributed by atoms with E-state index in [4.69, 9.17) is 20.9 Å². The van der Waals surface area contributed by atoms with Crippen LogP contribution in [0.15, 0.2) is 0 Å². The van der Waals surface area contributed by atoms with Gasteiger partial charge >= 0.3 is 0 Å². The summed E-state index contributed by atoms with van der Waals surface area (Å²) in [5.41, 5.74) is -2.14. The number of rotatable bonds is 6. The van der Waals surface area contributed by atoms with Crippen molar-refractivity contribution in [3.05, 3.63) is 0 Å². The van der Waals surface area contributed by atoms with Crippen LogP contribution in [0.3, 0.4) is 0 Å². The molecule has 0 unspecified atom stereocenters. The SMILES string of the molecule is CC(C)OP(=S)(OC(C)C)SC(C)C. The maximum absolute atomic E-state index is 5.73. The molecule has 0 heterocycles. The molecule has 0 saturated carbocycles. The average molecular weight is 256 g/mol. The first-order chi connectivity index (χ1) is 6.25. The summed E-state index contributed by atoms with van der Waals surface area (Å²) in [6.07, 6.45) is 0.261. The zero-order valence-electron chi connectivity index (χ0n) is 9.81. The molecular weight excluding hydrogens is 235 g/mol. The molecular formula is C9H21O2PS2. The van der Waals surface area contributed by atoms with Gasteiger partial charge in [-0.15, -0.1) is 0 Å². The topological polar surface area (TPSA) is 18.5 Å². The molecule has 0 bridgehead atoms. The molecule has 0 saturated heterocycles. The lowest BCUT2D eigenvalue weighted by Crippen LogP contribution is -2.07. The van der Waals surface area contributed by atoms with E-state index in [-0.39, 0.29) is 12.2 Å². The molecule has 0 N–H and O–H groups in total. The van der Waals surface area contributed by atoms with E-state index in [0.29, 0.717) is 5.25 Å². The van der Waals surface area contributed by atoms with Crippen LogP contribution in [-0.4, -0.2) is 17.5 Å². The Labute approximate surface area is 97.1 Å². The largest absolute Gasteiger partial charge is 0.319 e. The van der Waals surface area contributed by atoms with Gasteiger partial charge in [0.1, 0.15) is 0 Å². The van der Waals surface area contributed by atoms with Gasteiger partial charge in [-0.3, -0.25) is 0 Å². The van der Waals surface area contributed by atoms with Gasteiger partial charge in [0.25, 0.3) is 0 Å². The summed E-state index contributed by atoms with van der Waals surface area (Å²) < 4.78 is 11.5. The molecule has 0 aliphatic rings. The third-order valence-electron chi connectivity index (χ3n) is 1.02. The Bertz CT molecular complexity index is 172. The second kappa shape index (κ2) is 6.49. The summed E-state index contributed by atoms with van der Waals surface area (Å²) >= 11 is 7.10. The van der Waals surface area contributed by atoms with Crippen LogP contribution in [0.5, 0.6) is 0 Å². The molecule has 5 heteroatoms. The van der Waals surface area contributed by atoms with Crippen molar-refractivity contribution in [1.82, 2.24) is 0 Å². The highest BCUT2D eigenvalue weighted by Gasteiger charge is 2.24. The van der Waals surface area contributed by atoms with E-state index in [9.17, 15) is 0 Å². The second-order valence-electron chi connectivity index (χ2n) is 3.91. The highest BCUT2D eigenvalue weighted by Crippen LogP contribution is 2.63. The third-order valence-corrected chi connectivity index (χ3v) is 6.91. The normalized spacial score (nSPS) is 13.2. The van der Waals surface area contributed by atoms with Crippen molar-refractivity contribution < 1.29 is 9.05 Å². The quantitative estimate of drug-likeness (QED) is 0.663. The van der Waals surface area contributed by atoms with Crippen LogP contribution in [0.25, 0.3) is 0 Å². The Morgan fingerprint density at radius 1 is 0.929 bits per heavy atom. The van der Waals surface area contributed by atoms with Gasteiger partial charge in [-0.05, 0) is 39.5 Å². The van der Waals surface area contributed by atoms with E-state index in [2.05, 4.69) is 13.8 Å². The summed E-state index contributed by atoms with van der Waals surface area (Å²) in [4.78, 5) is 0. The van der Waals surface area contributed by atoms with Gasteiger partial charge < -0.3 is 9.05 Å². The molecule has 0 atom stereocenters. The maximum atomic E-state index is 5.73. The molecule has 0 radical (unpaired) electrons. The standard InChI is InChI=1S/C9H21O2PS2/c1-7(2)10-12(13,11-8(3)4)14-9(5)6/h7-9H,1-6H3. The lowest BCUT2D eigenvalue weighted by atomic mass is 10.5. The molecule has 0 spiro atoms. The van der Waals surface area contributed by atoms with Crippen molar-refractivity contribution in [3.8, 4) is 0 Å². The fourth-order valence-corrected chi connectivity index (χ4v) is 8.01. The Hall–Kier alpha value is 0.920. The zero-order chi connectivity index (χ0) is 11.4. The third kappa shape index (κ3) is 7.24. The van der Waals surface area contributed by atoms with E-state index in [1.807, 2.05) is 27.7 Å². The number of hydrogen-bond donors (Lipinski definition) is 0. The molecule has 0 amide bonds. The van der Waals surface area contributed by atoms with E-state index < -0.39 is 5.69 Å². The monoisotopic (exact) mass is 256 g/mol. The number of hydrogen-bond acceptors (Lipinski definition) is 4. The molecule has 0 aromatic rings. The first-order valence-corrected chi connectivity index (χ1v) is 9.02. The summed E-state index contributed by atoms with van der Waals surface area (Å²) in [5, 5.41) is 0.443. The van der Waals surface area contributed by atoms with Crippen molar-refractivity contribution >= 4 is 28.9 Å². The van der Waals surface area contributed by atoms with E-state index in [1.54, 1.807) is 11.4 Å². The summed E-state index contributed by atoms with van der Waals surface area (Å²) in [6.45, 7) is 12.2. The molecule has 14 heavy (non-hydrogen) atoms. The predicted molar refractivity (Wildman–Crippen MR) is 69.5 cm³/mol. The van der Waals surface area contributed by atoms with Crippen molar-refractivity contribution in [3.63, 3.8) is 0 Å².